The Morgan fingerprint density at radius 3 is 2.75 bits per heavy atom. The van der Waals surface area contributed by atoms with Crippen molar-refractivity contribution in [2.75, 3.05) is 0 Å². The summed E-state index contributed by atoms with van der Waals surface area (Å²) in [4.78, 5) is 18.8. The van der Waals surface area contributed by atoms with E-state index in [1.54, 1.807) is 0 Å². The van der Waals surface area contributed by atoms with E-state index in [0.29, 0.717) is 11.7 Å². The minimum Gasteiger partial charge on any atom is -0.478 e. The summed E-state index contributed by atoms with van der Waals surface area (Å²) in [6.45, 7) is 6.11. The molecule has 86 valence electrons. The standard InChI is InChI=1S/C12H16N2O2/c1-8(2)6-10-7-9(3)13-11(14-10)4-5-12(15)16/h4-5,7-8H,6H2,1-3H3,(H,15,16)/b5-4+. The lowest BCUT2D eigenvalue weighted by atomic mass is 10.1. The van der Waals surface area contributed by atoms with Crippen LogP contribution in [0.15, 0.2) is 12.1 Å². The second kappa shape index (κ2) is 5.39. The first-order valence-electron chi connectivity index (χ1n) is 5.23. The van der Waals surface area contributed by atoms with Crippen molar-refractivity contribution in [1.82, 2.24) is 9.97 Å². The van der Waals surface area contributed by atoms with E-state index in [4.69, 9.17) is 5.11 Å². The Morgan fingerprint density at radius 1 is 1.50 bits per heavy atom. The Morgan fingerprint density at radius 2 is 2.19 bits per heavy atom. The van der Waals surface area contributed by atoms with Crippen LogP contribution in [0.4, 0.5) is 0 Å². The summed E-state index contributed by atoms with van der Waals surface area (Å²) in [5.74, 6) is -0.0147. The molecule has 0 saturated heterocycles. The maximum Gasteiger partial charge on any atom is 0.328 e. The van der Waals surface area contributed by atoms with E-state index < -0.39 is 5.97 Å². The number of carboxylic acids is 1. The molecule has 1 aromatic rings. The number of hydrogen-bond acceptors (Lipinski definition) is 3. The summed E-state index contributed by atoms with van der Waals surface area (Å²) in [5.41, 5.74) is 1.81. The van der Waals surface area contributed by atoms with Crippen molar-refractivity contribution in [3.8, 4) is 0 Å². The largest absolute Gasteiger partial charge is 0.478 e. The Hall–Kier alpha value is -1.71. The van der Waals surface area contributed by atoms with E-state index in [1.165, 1.54) is 6.08 Å². The molecule has 0 aliphatic carbocycles. The van der Waals surface area contributed by atoms with E-state index in [-0.39, 0.29) is 0 Å². The number of nitrogens with zero attached hydrogens (tertiary/aromatic N) is 2. The normalized spacial score (nSPS) is 11.2. The van der Waals surface area contributed by atoms with Crippen LogP contribution >= 0.6 is 0 Å². The summed E-state index contributed by atoms with van der Waals surface area (Å²) >= 11 is 0. The highest BCUT2D eigenvalue weighted by Gasteiger charge is 2.03. The summed E-state index contributed by atoms with van der Waals surface area (Å²) in [7, 11) is 0. The average molecular weight is 220 g/mol. The van der Waals surface area contributed by atoms with Gasteiger partial charge in [-0.15, -0.1) is 0 Å². The third-order valence-electron chi connectivity index (χ3n) is 1.92. The molecular weight excluding hydrogens is 204 g/mol. The van der Waals surface area contributed by atoms with Gasteiger partial charge in [0.05, 0.1) is 0 Å². The lowest BCUT2D eigenvalue weighted by Crippen LogP contribution is -2.02. The Balaban J connectivity index is 2.93. The first kappa shape index (κ1) is 12.4. The second-order valence-corrected chi connectivity index (χ2v) is 4.13. The zero-order chi connectivity index (χ0) is 12.1. The lowest BCUT2D eigenvalue weighted by molar-refractivity contribution is -0.131. The number of hydrogen-bond donors (Lipinski definition) is 1. The van der Waals surface area contributed by atoms with Gasteiger partial charge in [0, 0.05) is 17.5 Å². The van der Waals surface area contributed by atoms with Gasteiger partial charge >= 0.3 is 5.97 Å². The van der Waals surface area contributed by atoms with Crippen LogP contribution in [0.2, 0.25) is 0 Å². The first-order chi connectivity index (χ1) is 7.47. The van der Waals surface area contributed by atoms with Gasteiger partial charge in [-0.2, -0.15) is 0 Å². The molecule has 0 bridgehead atoms. The fourth-order valence-electron chi connectivity index (χ4n) is 1.40. The Labute approximate surface area is 95.1 Å². The fraction of sp³-hybridized carbons (Fsp3) is 0.417. The van der Waals surface area contributed by atoms with Gasteiger partial charge in [-0.1, -0.05) is 13.8 Å². The minimum absolute atomic E-state index is 0.457. The molecule has 1 aromatic heterocycles. The van der Waals surface area contributed by atoms with Gasteiger partial charge in [-0.3, -0.25) is 0 Å². The third kappa shape index (κ3) is 4.21. The zero-order valence-corrected chi connectivity index (χ0v) is 9.77. The molecule has 0 spiro atoms. The molecule has 4 nitrogen and oxygen atoms in total. The predicted molar refractivity (Wildman–Crippen MR) is 62.0 cm³/mol. The molecule has 0 atom stereocenters. The number of carbonyl (C=O) groups is 1. The predicted octanol–water partition coefficient (Wildman–Crippen LogP) is 2.08. The van der Waals surface area contributed by atoms with Crippen LogP contribution in [-0.2, 0) is 11.2 Å². The van der Waals surface area contributed by atoms with Crippen molar-refractivity contribution in [3.63, 3.8) is 0 Å². The maximum atomic E-state index is 10.4. The van der Waals surface area contributed by atoms with Crippen LogP contribution < -0.4 is 0 Å². The van der Waals surface area contributed by atoms with Gasteiger partial charge in [0.25, 0.3) is 0 Å². The number of rotatable bonds is 4. The number of aryl methyl sites for hydroxylation is 1. The van der Waals surface area contributed by atoms with E-state index in [0.717, 1.165) is 23.9 Å². The monoisotopic (exact) mass is 220 g/mol. The molecule has 0 aliphatic rings. The van der Waals surface area contributed by atoms with Crippen LogP contribution in [0.5, 0.6) is 0 Å². The SMILES string of the molecule is Cc1cc(CC(C)C)nc(/C=C/C(=O)O)n1. The maximum absolute atomic E-state index is 10.4. The van der Waals surface area contributed by atoms with Crippen LogP contribution in [0, 0.1) is 12.8 Å². The van der Waals surface area contributed by atoms with Crippen molar-refractivity contribution in [1.29, 1.82) is 0 Å². The van der Waals surface area contributed by atoms with Gasteiger partial charge < -0.3 is 5.11 Å². The van der Waals surface area contributed by atoms with Crippen molar-refractivity contribution in [3.05, 3.63) is 29.4 Å². The van der Waals surface area contributed by atoms with Gasteiger partial charge in [-0.25, -0.2) is 14.8 Å². The molecule has 0 amide bonds. The summed E-state index contributed by atoms with van der Waals surface area (Å²) in [5, 5.41) is 8.52. The highest BCUT2D eigenvalue weighted by Crippen LogP contribution is 2.08. The molecule has 0 radical (unpaired) electrons. The average Bonchev–Trinajstić information content (AvgIpc) is 2.12. The molecule has 0 aliphatic heterocycles. The molecule has 0 aromatic carbocycles. The van der Waals surface area contributed by atoms with Crippen molar-refractivity contribution >= 4 is 12.0 Å². The van der Waals surface area contributed by atoms with Gasteiger partial charge in [-0.05, 0) is 31.4 Å². The summed E-state index contributed by atoms with van der Waals surface area (Å²) in [6.07, 6.45) is 3.34. The number of carboxylic acid groups (broad SMARTS) is 1. The molecule has 4 heteroatoms. The molecular formula is C12H16N2O2. The number of aromatic nitrogens is 2. The molecule has 0 unspecified atom stereocenters. The fourth-order valence-corrected chi connectivity index (χ4v) is 1.40. The molecule has 1 N–H and O–H groups in total. The van der Waals surface area contributed by atoms with Crippen LogP contribution in [0.25, 0.3) is 6.08 Å². The minimum atomic E-state index is -0.990. The molecule has 0 saturated carbocycles. The van der Waals surface area contributed by atoms with E-state index in [2.05, 4.69) is 23.8 Å². The van der Waals surface area contributed by atoms with Crippen molar-refractivity contribution < 1.29 is 9.90 Å². The van der Waals surface area contributed by atoms with Crippen LogP contribution in [0.1, 0.15) is 31.1 Å². The lowest BCUT2D eigenvalue weighted by Gasteiger charge is -2.05. The first-order valence-corrected chi connectivity index (χ1v) is 5.23. The summed E-state index contributed by atoms with van der Waals surface area (Å²) < 4.78 is 0. The third-order valence-corrected chi connectivity index (χ3v) is 1.92. The molecule has 0 fully saturated rings. The molecule has 1 rings (SSSR count). The zero-order valence-electron chi connectivity index (χ0n) is 9.77. The summed E-state index contributed by atoms with van der Waals surface area (Å²) in [6, 6.07) is 1.93. The Bertz CT molecular complexity index is 411. The van der Waals surface area contributed by atoms with E-state index in [1.807, 2.05) is 13.0 Å². The van der Waals surface area contributed by atoms with Crippen LogP contribution in [-0.4, -0.2) is 21.0 Å². The van der Waals surface area contributed by atoms with Crippen molar-refractivity contribution in [2.45, 2.75) is 27.2 Å². The number of aliphatic carboxylic acids is 1. The topological polar surface area (TPSA) is 63.1 Å². The Kier molecular flexibility index (Phi) is 4.17. The van der Waals surface area contributed by atoms with Crippen LogP contribution in [0.3, 0.4) is 0 Å². The van der Waals surface area contributed by atoms with E-state index in [9.17, 15) is 4.79 Å². The highest BCUT2D eigenvalue weighted by atomic mass is 16.4. The highest BCUT2D eigenvalue weighted by molar-refractivity contribution is 5.84. The van der Waals surface area contributed by atoms with Crippen molar-refractivity contribution in [2.24, 2.45) is 5.92 Å². The van der Waals surface area contributed by atoms with E-state index >= 15 is 0 Å². The van der Waals surface area contributed by atoms with Gasteiger partial charge in [0.2, 0.25) is 0 Å². The molecule has 1 heterocycles. The van der Waals surface area contributed by atoms with Gasteiger partial charge in [0.1, 0.15) is 0 Å². The van der Waals surface area contributed by atoms with Gasteiger partial charge in [0.15, 0.2) is 5.82 Å². The quantitative estimate of drug-likeness (QED) is 0.789. The smallest absolute Gasteiger partial charge is 0.328 e. The second-order valence-electron chi connectivity index (χ2n) is 4.13. The molecule has 16 heavy (non-hydrogen) atoms.